The zero-order valence-corrected chi connectivity index (χ0v) is 13.0. The van der Waals surface area contributed by atoms with Crippen molar-refractivity contribution in [2.45, 2.75) is 38.8 Å². The van der Waals surface area contributed by atoms with Crippen molar-refractivity contribution in [2.24, 2.45) is 0 Å². The molecule has 0 fully saturated rings. The van der Waals surface area contributed by atoms with Gasteiger partial charge in [-0.05, 0) is 6.07 Å². The zero-order valence-electron chi connectivity index (χ0n) is 12.1. The smallest absolute Gasteiger partial charge is 0.124 e. The minimum atomic E-state index is 0.131. The summed E-state index contributed by atoms with van der Waals surface area (Å²) in [4.78, 5) is 4.71. The molecule has 3 nitrogen and oxygen atoms in total. The molecule has 0 aliphatic carbocycles. The molecule has 0 radical (unpaired) electrons. The van der Waals surface area contributed by atoms with E-state index < -0.39 is 0 Å². The summed E-state index contributed by atoms with van der Waals surface area (Å²) in [6, 6.07) is 8.49. The van der Waals surface area contributed by atoms with Gasteiger partial charge in [0, 0.05) is 22.9 Å². The van der Waals surface area contributed by atoms with Crippen LogP contribution >= 0.6 is 11.3 Å². The number of nitrogens with one attached hydrogen (secondary N) is 1. The van der Waals surface area contributed by atoms with Crippen molar-refractivity contribution in [3.05, 3.63) is 45.9 Å². The summed E-state index contributed by atoms with van der Waals surface area (Å²) in [5, 5.41) is 6.88. The monoisotopic (exact) mass is 288 g/mol. The number of fused-ring (bicyclic) bond motifs is 1. The molecular formula is C16H20N2OS. The molecule has 1 aliphatic heterocycles. The summed E-state index contributed by atoms with van der Waals surface area (Å²) in [7, 11) is 0. The van der Waals surface area contributed by atoms with Crippen LogP contribution < -0.4 is 10.1 Å². The third kappa shape index (κ3) is 2.72. The van der Waals surface area contributed by atoms with E-state index in [0.29, 0.717) is 6.61 Å². The molecule has 20 heavy (non-hydrogen) atoms. The quantitative estimate of drug-likeness (QED) is 0.936. The maximum Gasteiger partial charge on any atom is 0.124 e. The Morgan fingerprint density at radius 2 is 2.15 bits per heavy atom. The van der Waals surface area contributed by atoms with Gasteiger partial charge in [-0.15, -0.1) is 11.3 Å². The lowest BCUT2D eigenvalue weighted by Gasteiger charge is -2.14. The third-order valence-electron chi connectivity index (χ3n) is 3.42. The Hall–Kier alpha value is -1.39. The first kappa shape index (κ1) is 13.6. The number of ether oxygens (including phenoxy) is 1. The molecule has 1 aliphatic rings. The van der Waals surface area contributed by atoms with Gasteiger partial charge in [0.1, 0.15) is 12.4 Å². The lowest BCUT2D eigenvalue weighted by Crippen LogP contribution is -2.22. The number of hydrogen-bond acceptors (Lipinski definition) is 4. The Labute approximate surface area is 124 Å². The maximum absolute atomic E-state index is 5.68. The number of benzene rings is 1. The van der Waals surface area contributed by atoms with Gasteiger partial charge in [0.15, 0.2) is 0 Å². The molecule has 1 unspecified atom stereocenters. The fourth-order valence-corrected chi connectivity index (χ4v) is 3.20. The lowest BCUT2D eigenvalue weighted by atomic mass is 9.98. The molecule has 0 bridgehead atoms. The highest BCUT2D eigenvalue weighted by molar-refractivity contribution is 7.09. The Balaban J connectivity index is 1.65. The first-order valence-electron chi connectivity index (χ1n) is 6.94. The van der Waals surface area contributed by atoms with Crippen LogP contribution in [0.5, 0.6) is 5.75 Å². The van der Waals surface area contributed by atoms with Gasteiger partial charge in [0.25, 0.3) is 0 Å². The predicted octanol–water partition coefficient (Wildman–Crippen LogP) is 3.66. The van der Waals surface area contributed by atoms with Crippen molar-refractivity contribution in [1.29, 1.82) is 0 Å². The molecular weight excluding hydrogens is 268 g/mol. The van der Waals surface area contributed by atoms with E-state index in [-0.39, 0.29) is 11.5 Å². The summed E-state index contributed by atoms with van der Waals surface area (Å²) < 4.78 is 5.68. The molecule has 1 N–H and O–H groups in total. The number of rotatable bonds is 3. The molecule has 3 rings (SSSR count). The van der Waals surface area contributed by atoms with Crippen molar-refractivity contribution < 1.29 is 4.74 Å². The van der Waals surface area contributed by atoms with Crippen LogP contribution in [0.1, 0.15) is 43.1 Å². The van der Waals surface area contributed by atoms with Crippen molar-refractivity contribution >= 4 is 11.3 Å². The SMILES string of the molecule is CC(C)(C)c1nc(CNC2COc3ccccc32)cs1. The van der Waals surface area contributed by atoms with Crippen LogP contribution in [-0.2, 0) is 12.0 Å². The molecule has 0 saturated carbocycles. The van der Waals surface area contributed by atoms with Crippen molar-refractivity contribution in [2.75, 3.05) is 6.61 Å². The molecule has 1 aromatic heterocycles. The van der Waals surface area contributed by atoms with Crippen LogP contribution in [0.2, 0.25) is 0 Å². The number of aromatic nitrogens is 1. The molecule has 0 saturated heterocycles. The number of para-hydroxylation sites is 1. The van der Waals surface area contributed by atoms with Gasteiger partial charge in [0.2, 0.25) is 0 Å². The van der Waals surface area contributed by atoms with Crippen LogP contribution in [0.15, 0.2) is 29.6 Å². The molecule has 106 valence electrons. The molecule has 1 aromatic carbocycles. The van der Waals surface area contributed by atoms with E-state index in [4.69, 9.17) is 9.72 Å². The van der Waals surface area contributed by atoms with E-state index in [1.807, 2.05) is 12.1 Å². The Morgan fingerprint density at radius 1 is 1.35 bits per heavy atom. The topological polar surface area (TPSA) is 34.2 Å². The highest BCUT2D eigenvalue weighted by Crippen LogP contribution is 2.32. The van der Waals surface area contributed by atoms with E-state index >= 15 is 0 Å². The lowest BCUT2D eigenvalue weighted by molar-refractivity contribution is 0.310. The molecule has 4 heteroatoms. The first-order valence-corrected chi connectivity index (χ1v) is 7.82. The van der Waals surface area contributed by atoms with Crippen LogP contribution in [0.4, 0.5) is 0 Å². The van der Waals surface area contributed by atoms with Gasteiger partial charge in [-0.1, -0.05) is 39.0 Å². The zero-order chi connectivity index (χ0) is 14.2. The van der Waals surface area contributed by atoms with Gasteiger partial charge < -0.3 is 10.1 Å². The van der Waals surface area contributed by atoms with Gasteiger partial charge in [-0.25, -0.2) is 4.98 Å². The van der Waals surface area contributed by atoms with E-state index in [9.17, 15) is 0 Å². The Bertz CT molecular complexity index is 601. The second kappa shape index (κ2) is 5.19. The van der Waals surface area contributed by atoms with Gasteiger partial charge in [-0.2, -0.15) is 0 Å². The van der Waals surface area contributed by atoms with Crippen molar-refractivity contribution in [1.82, 2.24) is 10.3 Å². The fraction of sp³-hybridized carbons (Fsp3) is 0.438. The van der Waals surface area contributed by atoms with E-state index in [1.165, 1.54) is 10.6 Å². The number of thiazole rings is 1. The second-order valence-corrected chi connectivity index (χ2v) is 7.03. The molecule has 0 spiro atoms. The molecule has 1 atom stereocenters. The van der Waals surface area contributed by atoms with Crippen LogP contribution in [-0.4, -0.2) is 11.6 Å². The maximum atomic E-state index is 5.68. The van der Waals surface area contributed by atoms with Crippen LogP contribution in [0, 0.1) is 0 Å². The second-order valence-electron chi connectivity index (χ2n) is 6.18. The van der Waals surface area contributed by atoms with Crippen molar-refractivity contribution in [3.63, 3.8) is 0 Å². The van der Waals surface area contributed by atoms with Crippen LogP contribution in [0.25, 0.3) is 0 Å². The van der Waals surface area contributed by atoms with E-state index in [2.05, 4.69) is 43.6 Å². The number of hydrogen-bond donors (Lipinski definition) is 1. The van der Waals surface area contributed by atoms with Gasteiger partial charge >= 0.3 is 0 Å². The fourth-order valence-electron chi connectivity index (χ4n) is 2.29. The Kier molecular flexibility index (Phi) is 3.52. The number of nitrogens with zero attached hydrogens (tertiary/aromatic N) is 1. The van der Waals surface area contributed by atoms with Crippen molar-refractivity contribution in [3.8, 4) is 5.75 Å². The first-order chi connectivity index (χ1) is 9.54. The predicted molar refractivity (Wildman–Crippen MR) is 82.3 cm³/mol. The largest absolute Gasteiger partial charge is 0.491 e. The minimum absolute atomic E-state index is 0.131. The minimum Gasteiger partial charge on any atom is -0.491 e. The summed E-state index contributed by atoms with van der Waals surface area (Å²) in [5.41, 5.74) is 2.49. The Morgan fingerprint density at radius 3 is 2.90 bits per heavy atom. The molecule has 0 amide bonds. The van der Waals surface area contributed by atoms with Gasteiger partial charge in [-0.3, -0.25) is 0 Å². The summed E-state index contributed by atoms with van der Waals surface area (Å²) in [6.07, 6.45) is 0. The summed E-state index contributed by atoms with van der Waals surface area (Å²) in [5.74, 6) is 0.999. The normalized spacial score (nSPS) is 17.9. The average Bonchev–Trinajstić information content (AvgIpc) is 3.02. The summed E-state index contributed by atoms with van der Waals surface area (Å²) >= 11 is 1.74. The highest BCUT2D eigenvalue weighted by Gasteiger charge is 2.23. The standard InChI is InChI=1S/C16H20N2OS/c1-16(2,3)15-18-11(10-20-15)8-17-13-9-19-14-7-5-4-6-12(13)14/h4-7,10,13,17H,8-9H2,1-3H3. The third-order valence-corrected chi connectivity index (χ3v) is 4.74. The molecule has 2 aromatic rings. The van der Waals surface area contributed by atoms with Gasteiger partial charge in [0.05, 0.1) is 16.7 Å². The average molecular weight is 288 g/mol. The van der Waals surface area contributed by atoms with E-state index in [1.54, 1.807) is 11.3 Å². The molecule has 2 heterocycles. The summed E-state index contributed by atoms with van der Waals surface area (Å²) in [6.45, 7) is 8.09. The van der Waals surface area contributed by atoms with E-state index in [0.717, 1.165) is 18.0 Å². The highest BCUT2D eigenvalue weighted by atomic mass is 32.1. The van der Waals surface area contributed by atoms with Crippen LogP contribution in [0.3, 0.4) is 0 Å².